The molecule has 1 fully saturated rings. The molecule has 6 heteroatoms. The van der Waals surface area contributed by atoms with Crippen molar-refractivity contribution in [3.8, 4) is 0 Å². The van der Waals surface area contributed by atoms with E-state index >= 15 is 0 Å². The van der Waals surface area contributed by atoms with Crippen LogP contribution in [0.5, 0.6) is 0 Å². The van der Waals surface area contributed by atoms with Gasteiger partial charge in [-0.25, -0.2) is 9.80 Å². The van der Waals surface area contributed by atoms with E-state index in [-0.39, 0.29) is 30.5 Å². The molecule has 0 aromatic rings. The maximum absolute atomic E-state index is 11.8. The minimum atomic E-state index is -1.09. The van der Waals surface area contributed by atoms with Crippen molar-refractivity contribution < 1.29 is 19.8 Å². The molecule has 1 heterocycles. The van der Waals surface area contributed by atoms with Crippen LogP contribution in [0.25, 0.3) is 0 Å². The maximum atomic E-state index is 11.8. The Labute approximate surface area is 105 Å². The van der Waals surface area contributed by atoms with Crippen LogP contribution in [-0.2, 0) is 9.59 Å². The summed E-state index contributed by atoms with van der Waals surface area (Å²) in [6, 6.07) is -0.366. The van der Waals surface area contributed by atoms with Crippen molar-refractivity contribution in [2.24, 2.45) is 5.10 Å². The summed E-state index contributed by atoms with van der Waals surface area (Å²) in [7, 11) is 0. The van der Waals surface area contributed by atoms with Gasteiger partial charge in [-0.3, -0.25) is 4.79 Å². The molecule has 18 heavy (non-hydrogen) atoms. The van der Waals surface area contributed by atoms with E-state index in [1.165, 1.54) is 5.01 Å². The minimum Gasteiger partial charge on any atom is -0.477 e. The normalized spacial score (nSPS) is 29.7. The Hall–Kier alpha value is -1.43. The molecule has 1 aliphatic heterocycles. The Kier molecular flexibility index (Phi) is 3.96. The van der Waals surface area contributed by atoms with Gasteiger partial charge in [0.05, 0.1) is 12.1 Å². The van der Waals surface area contributed by atoms with Crippen LogP contribution in [0.4, 0.5) is 0 Å². The number of aliphatic hydroxyl groups excluding tert-OH is 1. The number of aliphatic hydroxyl groups is 1. The Balaban J connectivity index is 2.20. The second-order valence-electron chi connectivity index (χ2n) is 4.86. The summed E-state index contributed by atoms with van der Waals surface area (Å²) in [6.45, 7) is 0. The van der Waals surface area contributed by atoms with Crippen molar-refractivity contribution >= 4 is 17.6 Å². The summed E-state index contributed by atoms with van der Waals surface area (Å²) < 4.78 is 0. The third-order valence-corrected chi connectivity index (χ3v) is 3.56. The van der Waals surface area contributed by atoms with Crippen molar-refractivity contribution in [3.05, 3.63) is 0 Å². The fraction of sp³-hybridized carbons (Fsp3) is 0.750. The Bertz CT molecular complexity index is 380. The number of carbonyl (C=O) groups excluding carboxylic acids is 1. The van der Waals surface area contributed by atoms with E-state index in [9.17, 15) is 14.7 Å². The molecule has 0 spiro atoms. The van der Waals surface area contributed by atoms with Gasteiger partial charge in [0, 0.05) is 12.8 Å². The Morgan fingerprint density at radius 2 is 1.94 bits per heavy atom. The lowest BCUT2D eigenvalue weighted by Crippen LogP contribution is -2.46. The zero-order chi connectivity index (χ0) is 13.1. The third-order valence-electron chi connectivity index (χ3n) is 3.56. The summed E-state index contributed by atoms with van der Waals surface area (Å²) >= 11 is 0. The lowest BCUT2D eigenvalue weighted by Gasteiger charge is -2.32. The molecular formula is C12H18N2O4. The van der Waals surface area contributed by atoms with Gasteiger partial charge < -0.3 is 10.2 Å². The fourth-order valence-electron chi connectivity index (χ4n) is 2.54. The molecule has 2 aliphatic rings. The summed E-state index contributed by atoms with van der Waals surface area (Å²) in [5.41, 5.74) is 0.00560. The molecular weight excluding hydrogens is 236 g/mol. The first-order valence-electron chi connectivity index (χ1n) is 6.40. The van der Waals surface area contributed by atoms with E-state index in [0.717, 1.165) is 19.3 Å². The van der Waals surface area contributed by atoms with Gasteiger partial charge in [0.1, 0.15) is 5.71 Å². The zero-order valence-electron chi connectivity index (χ0n) is 10.2. The van der Waals surface area contributed by atoms with Crippen LogP contribution >= 0.6 is 0 Å². The van der Waals surface area contributed by atoms with Crippen molar-refractivity contribution in [2.45, 2.75) is 57.1 Å². The predicted molar refractivity (Wildman–Crippen MR) is 64.0 cm³/mol. The smallest absolute Gasteiger partial charge is 0.352 e. The quantitative estimate of drug-likeness (QED) is 0.711. The van der Waals surface area contributed by atoms with Gasteiger partial charge in [0.2, 0.25) is 5.91 Å². The first-order valence-corrected chi connectivity index (χ1v) is 6.40. The van der Waals surface area contributed by atoms with Crippen molar-refractivity contribution in [1.82, 2.24) is 5.01 Å². The first-order chi connectivity index (χ1) is 8.59. The van der Waals surface area contributed by atoms with E-state index < -0.39 is 12.1 Å². The van der Waals surface area contributed by atoms with Gasteiger partial charge >= 0.3 is 5.97 Å². The number of amides is 1. The largest absolute Gasteiger partial charge is 0.477 e. The lowest BCUT2D eigenvalue weighted by atomic mass is 10.0. The number of rotatable bonds is 2. The zero-order valence-corrected chi connectivity index (χ0v) is 10.2. The second-order valence-corrected chi connectivity index (χ2v) is 4.86. The summed E-state index contributed by atoms with van der Waals surface area (Å²) in [5.74, 6) is -1.28. The van der Waals surface area contributed by atoms with Gasteiger partial charge in [0.15, 0.2) is 0 Å². The standard InChI is InChI=1S/C12H18N2O4/c15-10-5-3-1-2-4-9(10)14-11(16)7-6-8(13-14)12(17)18/h9-10,15H,1-7H2,(H,17,18). The van der Waals surface area contributed by atoms with Crippen molar-refractivity contribution in [3.63, 3.8) is 0 Å². The average molecular weight is 254 g/mol. The van der Waals surface area contributed by atoms with Gasteiger partial charge in [-0.15, -0.1) is 0 Å². The summed E-state index contributed by atoms with van der Waals surface area (Å²) in [5, 5.41) is 24.1. The molecule has 0 saturated heterocycles. The molecule has 2 rings (SSSR count). The summed E-state index contributed by atoms with van der Waals surface area (Å²) in [4.78, 5) is 22.7. The van der Waals surface area contributed by atoms with Crippen molar-refractivity contribution in [1.29, 1.82) is 0 Å². The van der Waals surface area contributed by atoms with E-state index in [2.05, 4.69) is 5.10 Å². The number of nitrogens with zero attached hydrogens (tertiary/aromatic N) is 2. The molecule has 0 radical (unpaired) electrons. The molecule has 1 aliphatic carbocycles. The van der Waals surface area contributed by atoms with Crippen LogP contribution < -0.4 is 0 Å². The molecule has 100 valence electrons. The van der Waals surface area contributed by atoms with E-state index in [1.54, 1.807) is 0 Å². The Morgan fingerprint density at radius 1 is 1.22 bits per heavy atom. The molecule has 2 unspecified atom stereocenters. The van der Waals surface area contributed by atoms with Crippen LogP contribution in [0, 0.1) is 0 Å². The average Bonchev–Trinajstić information content (AvgIpc) is 2.54. The second kappa shape index (κ2) is 5.48. The summed E-state index contributed by atoms with van der Waals surface area (Å²) in [6.07, 6.45) is 3.97. The topological polar surface area (TPSA) is 90.2 Å². The minimum absolute atomic E-state index is 0.00560. The number of hydrazone groups is 1. The molecule has 1 saturated carbocycles. The monoisotopic (exact) mass is 254 g/mol. The van der Waals surface area contributed by atoms with E-state index in [4.69, 9.17) is 5.11 Å². The van der Waals surface area contributed by atoms with E-state index in [1.807, 2.05) is 0 Å². The van der Waals surface area contributed by atoms with Gasteiger partial charge in [0.25, 0.3) is 0 Å². The number of hydrogen-bond acceptors (Lipinski definition) is 4. The van der Waals surface area contributed by atoms with Gasteiger partial charge in [-0.05, 0) is 12.8 Å². The highest BCUT2D eigenvalue weighted by molar-refractivity contribution is 6.36. The lowest BCUT2D eigenvalue weighted by molar-refractivity contribution is -0.137. The molecule has 0 aromatic carbocycles. The van der Waals surface area contributed by atoms with Crippen LogP contribution in [0.2, 0.25) is 0 Å². The molecule has 0 aromatic heterocycles. The number of hydrogen-bond donors (Lipinski definition) is 2. The van der Waals surface area contributed by atoms with Gasteiger partial charge in [-0.2, -0.15) is 5.10 Å². The fourth-order valence-corrected chi connectivity index (χ4v) is 2.54. The highest BCUT2D eigenvalue weighted by atomic mass is 16.4. The predicted octanol–water partition coefficient (Wildman–Crippen LogP) is 0.743. The van der Waals surface area contributed by atoms with Crippen LogP contribution in [0.15, 0.2) is 5.10 Å². The molecule has 2 atom stereocenters. The Morgan fingerprint density at radius 3 is 2.67 bits per heavy atom. The third kappa shape index (κ3) is 2.69. The molecule has 2 N–H and O–H groups in total. The molecule has 1 amide bonds. The number of aliphatic carboxylic acids is 1. The highest BCUT2D eigenvalue weighted by Crippen LogP contribution is 2.25. The number of carboxylic acids is 1. The molecule has 6 nitrogen and oxygen atoms in total. The highest BCUT2D eigenvalue weighted by Gasteiger charge is 2.34. The number of carbonyl (C=O) groups is 2. The first kappa shape index (κ1) is 13.0. The number of carboxylic acid groups (broad SMARTS) is 1. The SMILES string of the molecule is O=C(O)C1=NN(C2CCCCCC2O)C(=O)CC1. The van der Waals surface area contributed by atoms with Gasteiger partial charge in [-0.1, -0.05) is 19.3 Å². The van der Waals surface area contributed by atoms with Crippen LogP contribution in [-0.4, -0.2) is 45.0 Å². The molecule has 0 bridgehead atoms. The maximum Gasteiger partial charge on any atom is 0.352 e. The van der Waals surface area contributed by atoms with Crippen LogP contribution in [0.3, 0.4) is 0 Å². The van der Waals surface area contributed by atoms with Crippen LogP contribution in [0.1, 0.15) is 44.9 Å². The van der Waals surface area contributed by atoms with E-state index in [0.29, 0.717) is 12.8 Å². The van der Waals surface area contributed by atoms with Crippen molar-refractivity contribution in [2.75, 3.05) is 0 Å².